The van der Waals surface area contributed by atoms with Crippen molar-refractivity contribution in [3.05, 3.63) is 76.9 Å². The van der Waals surface area contributed by atoms with Crippen LogP contribution in [0.4, 0.5) is 0 Å². The number of carbonyl (C=O) groups is 2. The molecule has 2 aromatic carbocycles. The van der Waals surface area contributed by atoms with Gasteiger partial charge in [0.1, 0.15) is 5.75 Å². The fourth-order valence-corrected chi connectivity index (χ4v) is 4.85. The van der Waals surface area contributed by atoms with Crippen molar-refractivity contribution in [3.8, 4) is 5.75 Å². The number of nitrogens with zero attached hydrogens (tertiary/aromatic N) is 1. The average Bonchev–Trinajstić information content (AvgIpc) is 2.89. The predicted octanol–water partition coefficient (Wildman–Crippen LogP) is 5.34. The van der Waals surface area contributed by atoms with Crippen LogP contribution in [0.2, 0.25) is 0 Å². The van der Waals surface area contributed by atoms with Gasteiger partial charge in [0, 0.05) is 36.7 Å². The molecular formula is C28H34N2O3. The summed E-state index contributed by atoms with van der Waals surface area (Å²) < 4.78 is 5.19. The minimum Gasteiger partial charge on any atom is -0.497 e. The molecule has 1 unspecified atom stereocenters. The molecule has 0 bridgehead atoms. The first kappa shape index (κ1) is 23.1. The number of hydrogen-bond acceptors (Lipinski definition) is 3. The molecule has 5 heteroatoms. The third kappa shape index (κ3) is 6.04. The average molecular weight is 447 g/mol. The molecule has 0 spiro atoms. The van der Waals surface area contributed by atoms with E-state index in [1.807, 2.05) is 47.4 Å². The highest BCUT2D eigenvalue weighted by atomic mass is 16.5. The fourth-order valence-electron chi connectivity index (χ4n) is 4.85. The Hall–Kier alpha value is -3.08. The van der Waals surface area contributed by atoms with Gasteiger partial charge in [0.15, 0.2) is 0 Å². The summed E-state index contributed by atoms with van der Waals surface area (Å²) in [5.74, 6) is 1.01. The summed E-state index contributed by atoms with van der Waals surface area (Å²) in [5, 5.41) is 3.08. The first-order valence-corrected chi connectivity index (χ1v) is 12.1. The van der Waals surface area contributed by atoms with Crippen LogP contribution in [0.1, 0.15) is 77.1 Å². The van der Waals surface area contributed by atoms with Crippen LogP contribution in [0.15, 0.2) is 60.2 Å². The predicted molar refractivity (Wildman–Crippen MR) is 131 cm³/mol. The molecular weight excluding hydrogens is 412 g/mol. The number of carbonyl (C=O) groups excluding carboxylic acids is 2. The quantitative estimate of drug-likeness (QED) is 0.585. The summed E-state index contributed by atoms with van der Waals surface area (Å²) in [6, 6.07) is 15.2. The van der Waals surface area contributed by atoms with Gasteiger partial charge in [-0.3, -0.25) is 9.59 Å². The van der Waals surface area contributed by atoms with Crippen LogP contribution in [-0.4, -0.2) is 43.5 Å². The molecule has 1 heterocycles. The maximum atomic E-state index is 13.0. The molecule has 174 valence electrons. The maximum Gasteiger partial charge on any atom is 0.253 e. The molecule has 1 aliphatic carbocycles. The topological polar surface area (TPSA) is 58.6 Å². The molecule has 2 aromatic rings. The van der Waals surface area contributed by atoms with E-state index < -0.39 is 0 Å². The highest BCUT2D eigenvalue weighted by Gasteiger charge is 2.26. The van der Waals surface area contributed by atoms with Gasteiger partial charge in [-0.1, -0.05) is 23.8 Å². The summed E-state index contributed by atoms with van der Waals surface area (Å²) in [6.45, 7) is 2.12. The molecule has 2 amide bonds. The first-order valence-electron chi connectivity index (χ1n) is 12.1. The molecule has 1 aliphatic heterocycles. The van der Waals surface area contributed by atoms with Gasteiger partial charge in [-0.25, -0.2) is 0 Å². The normalized spacial score (nSPS) is 18.4. The lowest BCUT2D eigenvalue weighted by molar-refractivity contribution is 0.0706. The Morgan fingerprint density at radius 2 is 1.91 bits per heavy atom. The van der Waals surface area contributed by atoms with E-state index in [9.17, 15) is 9.59 Å². The zero-order valence-corrected chi connectivity index (χ0v) is 19.5. The van der Waals surface area contributed by atoms with Crippen LogP contribution in [0.3, 0.4) is 0 Å². The van der Waals surface area contributed by atoms with E-state index in [0.717, 1.165) is 37.1 Å². The van der Waals surface area contributed by atoms with E-state index in [-0.39, 0.29) is 17.7 Å². The van der Waals surface area contributed by atoms with Crippen LogP contribution in [0.25, 0.3) is 0 Å². The molecule has 1 N–H and O–H groups in total. The SMILES string of the molecule is COc1ccc(C(=O)N2CCCC(c3cccc(C(=O)NCCC4=CCCCC4)c3)C2)cc1. The summed E-state index contributed by atoms with van der Waals surface area (Å²) in [7, 11) is 1.62. The molecule has 2 aliphatic rings. The van der Waals surface area contributed by atoms with Gasteiger partial charge in [0.2, 0.25) is 0 Å². The third-order valence-electron chi connectivity index (χ3n) is 6.78. The number of hydrogen-bond donors (Lipinski definition) is 1. The third-order valence-corrected chi connectivity index (χ3v) is 6.78. The Morgan fingerprint density at radius 3 is 2.67 bits per heavy atom. The van der Waals surface area contributed by atoms with Crippen LogP contribution < -0.4 is 10.1 Å². The lowest BCUT2D eigenvalue weighted by Crippen LogP contribution is -2.39. The molecule has 4 rings (SSSR count). The largest absolute Gasteiger partial charge is 0.497 e. The summed E-state index contributed by atoms with van der Waals surface area (Å²) in [6.07, 6.45) is 10.1. The van der Waals surface area contributed by atoms with Crippen molar-refractivity contribution >= 4 is 11.8 Å². The highest BCUT2D eigenvalue weighted by Crippen LogP contribution is 2.29. The fraction of sp³-hybridized carbons (Fsp3) is 0.429. The standard InChI is InChI=1S/C28H34N2O3/c1-33-26-14-12-22(13-15-26)28(32)30-18-6-11-25(20-30)23-9-5-10-24(19-23)27(31)29-17-16-21-7-3-2-4-8-21/h5,7,9-10,12-15,19,25H,2-4,6,8,11,16-18,20H2,1H3,(H,29,31). The van der Waals surface area contributed by atoms with Crippen molar-refractivity contribution in [2.24, 2.45) is 0 Å². The number of likely N-dealkylation sites (tertiary alicyclic amines) is 1. The van der Waals surface area contributed by atoms with E-state index in [1.165, 1.54) is 31.3 Å². The number of benzene rings is 2. The van der Waals surface area contributed by atoms with E-state index in [2.05, 4.69) is 17.5 Å². The van der Waals surface area contributed by atoms with Gasteiger partial charge in [-0.15, -0.1) is 0 Å². The zero-order valence-electron chi connectivity index (χ0n) is 19.5. The number of nitrogens with one attached hydrogen (secondary N) is 1. The van der Waals surface area contributed by atoms with Crippen LogP contribution in [0, 0.1) is 0 Å². The van der Waals surface area contributed by atoms with Crippen molar-refractivity contribution in [2.45, 2.75) is 50.9 Å². The van der Waals surface area contributed by atoms with Gasteiger partial charge in [0.05, 0.1) is 7.11 Å². The number of amides is 2. The second-order valence-corrected chi connectivity index (χ2v) is 9.06. The second kappa shape index (κ2) is 11.2. The number of piperidine rings is 1. The van der Waals surface area contributed by atoms with Crippen molar-refractivity contribution in [2.75, 3.05) is 26.7 Å². The summed E-state index contributed by atoms with van der Waals surface area (Å²) in [4.78, 5) is 27.7. The number of ether oxygens (including phenoxy) is 1. The second-order valence-electron chi connectivity index (χ2n) is 9.06. The van der Waals surface area contributed by atoms with Crippen LogP contribution >= 0.6 is 0 Å². The number of rotatable bonds is 7. The highest BCUT2D eigenvalue weighted by molar-refractivity contribution is 5.95. The van der Waals surface area contributed by atoms with Crippen LogP contribution in [0.5, 0.6) is 5.75 Å². The molecule has 1 saturated heterocycles. The lowest BCUT2D eigenvalue weighted by atomic mass is 9.89. The molecule has 1 fully saturated rings. The van der Waals surface area contributed by atoms with Crippen molar-refractivity contribution < 1.29 is 14.3 Å². The van der Waals surface area contributed by atoms with Crippen molar-refractivity contribution in [3.63, 3.8) is 0 Å². The van der Waals surface area contributed by atoms with Gasteiger partial charge < -0.3 is 15.0 Å². The van der Waals surface area contributed by atoms with Crippen molar-refractivity contribution in [1.29, 1.82) is 0 Å². The molecule has 0 aromatic heterocycles. The summed E-state index contributed by atoms with van der Waals surface area (Å²) >= 11 is 0. The number of methoxy groups -OCH3 is 1. The van der Waals surface area contributed by atoms with Gasteiger partial charge >= 0.3 is 0 Å². The Bertz CT molecular complexity index is 996. The summed E-state index contributed by atoms with van der Waals surface area (Å²) in [5.41, 5.74) is 3.98. The molecule has 1 atom stereocenters. The van der Waals surface area contributed by atoms with Crippen molar-refractivity contribution in [1.82, 2.24) is 10.2 Å². The van der Waals surface area contributed by atoms with Gasteiger partial charge in [0.25, 0.3) is 11.8 Å². The minimum atomic E-state index is -0.0183. The Morgan fingerprint density at radius 1 is 1.06 bits per heavy atom. The zero-order chi connectivity index (χ0) is 23.0. The monoisotopic (exact) mass is 446 g/mol. The van der Waals surface area contributed by atoms with E-state index >= 15 is 0 Å². The van der Waals surface area contributed by atoms with E-state index in [1.54, 1.807) is 7.11 Å². The Labute approximate surface area is 196 Å². The molecule has 0 saturated carbocycles. The molecule has 33 heavy (non-hydrogen) atoms. The van der Waals surface area contributed by atoms with Crippen LogP contribution in [-0.2, 0) is 0 Å². The lowest BCUT2D eigenvalue weighted by Gasteiger charge is -2.33. The Balaban J connectivity index is 1.36. The maximum absolute atomic E-state index is 13.0. The number of allylic oxidation sites excluding steroid dienone is 1. The van der Waals surface area contributed by atoms with Gasteiger partial charge in [-0.05, 0) is 86.9 Å². The first-order chi connectivity index (χ1) is 16.1. The van der Waals surface area contributed by atoms with E-state index in [4.69, 9.17) is 4.74 Å². The van der Waals surface area contributed by atoms with Gasteiger partial charge in [-0.2, -0.15) is 0 Å². The minimum absolute atomic E-state index is 0.0183. The molecule has 5 nitrogen and oxygen atoms in total. The molecule has 0 radical (unpaired) electrons. The smallest absolute Gasteiger partial charge is 0.253 e. The van der Waals surface area contributed by atoms with E-state index in [0.29, 0.717) is 24.2 Å². The Kier molecular flexibility index (Phi) is 7.82.